The van der Waals surface area contributed by atoms with Gasteiger partial charge in [-0.2, -0.15) is 0 Å². The monoisotopic (exact) mass is 270 g/mol. The molecule has 3 rings (SSSR count). The molecule has 0 bridgehead atoms. The number of aryl methyl sites for hydroxylation is 1. The summed E-state index contributed by atoms with van der Waals surface area (Å²) in [7, 11) is 0. The van der Waals surface area contributed by atoms with Crippen molar-refractivity contribution in [1.29, 1.82) is 0 Å². The fourth-order valence-corrected chi connectivity index (χ4v) is 2.34. The summed E-state index contributed by atoms with van der Waals surface area (Å²) in [5, 5.41) is 3.46. The first kappa shape index (κ1) is 12.8. The van der Waals surface area contributed by atoms with E-state index in [0.29, 0.717) is 6.54 Å². The minimum Gasteiger partial charge on any atom is -0.454 e. The zero-order valence-corrected chi connectivity index (χ0v) is 11.4. The number of fused-ring (bicyclic) bond motifs is 1. The maximum Gasteiger partial charge on any atom is 0.231 e. The van der Waals surface area contributed by atoms with E-state index in [2.05, 4.69) is 24.4 Å². The van der Waals surface area contributed by atoms with Crippen LogP contribution >= 0.6 is 0 Å². The topological polar surface area (TPSA) is 56.5 Å². The van der Waals surface area contributed by atoms with Crippen LogP contribution in [0.3, 0.4) is 0 Å². The van der Waals surface area contributed by atoms with Crippen molar-refractivity contribution in [2.45, 2.75) is 13.0 Å². The van der Waals surface area contributed by atoms with Gasteiger partial charge < -0.3 is 20.5 Å². The average Bonchev–Trinajstić information content (AvgIpc) is 2.92. The lowest BCUT2D eigenvalue weighted by molar-refractivity contribution is 0.174. The minimum absolute atomic E-state index is 0.0475. The van der Waals surface area contributed by atoms with Crippen molar-refractivity contribution in [3.63, 3.8) is 0 Å². The maximum atomic E-state index is 5.90. The lowest BCUT2D eigenvalue weighted by Crippen LogP contribution is -2.20. The Hall–Kier alpha value is -2.20. The molecule has 1 heterocycles. The molecule has 0 saturated heterocycles. The van der Waals surface area contributed by atoms with E-state index in [1.54, 1.807) is 0 Å². The van der Waals surface area contributed by atoms with E-state index in [9.17, 15) is 0 Å². The molecular weight excluding hydrogens is 252 g/mol. The first-order chi connectivity index (χ1) is 9.76. The van der Waals surface area contributed by atoms with Gasteiger partial charge in [-0.15, -0.1) is 0 Å². The van der Waals surface area contributed by atoms with Gasteiger partial charge >= 0.3 is 0 Å². The van der Waals surface area contributed by atoms with Crippen LogP contribution in [0.25, 0.3) is 0 Å². The second kappa shape index (κ2) is 5.43. The Kier molecular flexibility index (Phi) is 3.48. The number of nitrogens with one attached hydrogen (secondary N) is 1. The summed E-state index contributed by atoms with van der Waals surface area (Å²) in [4.78, 5) is 0. The molecule has 2 aromatic rings. The molecule has 20 heavy (non-hydrogen) atoms. The Morgan fingerprint density at radius 2 is 2.00 bits per heavy atom. The van der Waals surface area contributed by atoms with Crippen LogP contribution < -0.4 is 20.5 Å². The lowest BCUT2D eigenvalue weighted by Gasteiger charge is -2.19. The van der Waals surface area contributed by atoms with Crippen molar-refractivity contribution in [2.75, 3.05) is 18.7 Å². The van der Waals surface area contributed by atoms with E-state index >= 15 is 0 Å². The molecule has 1 aliphatic rings. The molecule has 1 unspecified atom stereocenters. The minimum atomic E-state index is 0.0475. The van der Waals surface area contributed by atoms with Crippen molar-refractivity contribution in [3.8, 4) is 11.5 Å². The third kappa shape index (κ3) is 2.56. The molecule has 0 fully saturated rings. The van der Waals surface area contributed by atoms with Crippen LogP contribution in [-0.2, 0) is 0 Å². The Labute approximate surface area is 118 Å². The standard InChI is InChI=1S/C16H18N2O2/c1-11-3-2-4-13(7-11)18-14(9-17)12-5-6-15-16(8-12)20-10-19-15/h2-8,14,18H,9-10,17H2,1H3. The van der Waals surface area contributed by atoms with Crippen LogP contribution in [0.15, 0.2) is 42.5 Å². The Morgan fingerprint density at radius 3 is 2.80 bits per heavy atom. The molecule has 0 aliphatic carbocycles. The molecule has 0 aromatic heterocycles. The van der Waals surface area contributed by atoms with E-state index < -0.39 is 0 Å². The molecule has 4 heteroatoms. The molecule has 0 radical (unpaired) electrons. The lowest BCUT2D eigenvalue weighted by atomic mass is 10.1. The Morgan fingerprint density at radius 1 is 1.15 bits per heavy atom. The first-order valence-corrected chi connectivity index (χ1v) is 6.69. The second-order valence-electron chi connectivity index (χ2n) is 4.91. The third-order valence-electron chi connectivity index (χ3n) is 3.39. The predicted molar refractivity (Wildman–Crippen MR) is 79.2 cm³/mol. The van der Waals surface area contributed by atoms with E-state index in [1.165, 1.54) is 5.56 Å². The zero-order valence-electron chi connectivity index (χ0n) is 11.4. The number of nitrogens with two attached hydrogens (primary N) is 1. The van der Waals surface area contributed by atoms with Crippen molar-refractivity contribution in [1.82, 2.24) is 0 Å². The van der Waals surface area contributed by atoms with Gasteiger partial charge in [0.05, 0.1) is 6.04 Å². The Bertz CT molecular complexity index is 613. The molecule has 1 atom stereocenters. The molecular formula is C16H18N2O2. The maximum absolute atomic E-state index is 5.90. The molecule has 0 spiro atoms. The molecule has 4 nitrogen and oxygen atoms in total. The SMILES string of the molecule is Cc1cccc(NC(CN)c2ccc3c(c2)OCO3)c1. The molecule has 1 aliphatic heterocycles. The number of rotatable bonds is 4. The van der Waals surface area contributed by atoms with Crippen LogP contribution in [0.1, 0.15) is 17.2 Å². The van der Waals surface area contributed by atoms with Crippen LogP contribution in [0, 0.1) is 6.92 Å². The van der Waals surface area contributed by atoms with Gasteiger partial charge in [-0.3, -0.25) is 0 Å². The molecule has 104 valence electrons. The summed E-state index contributed by atoms with van der Waals surface area (Å²) < 4.78 is 10.7. The number of hydrogen-bond donors (Lipinski definition) is 2. The van der Waals surface area contributed by atoms with Crippen LogP contribution in [0.5, 0.6) is 11.5 Å². The summed E-state index contributed by atoms with van der Waals surface area (Å²) >= 11 is 0. The molecule has 3 N–H and O–H groups in total. The average molecular weight is 270 g/mol. The normalized spacial score (nSPS) is 14.1. The van der Waals surface area contributed by atoms with Crippen LogP contribution in [-0.4, -0.2) is 13.3 Å². The first-order valence-electron chi connectivity index (χ1n) is 6.69. The summed E-state index contributed by atoms with van der Waals surface area (Å²) in [6.07, 6.45) is 0. The van der Waals surface area contributed by atoms with Gasteiger partial charge in [-0.1, -0.05) is 18.2 Å². The Balaban J connectivity index is 1.83. The fourth-order valence-electron chi connectivity index (χ4n) is 2.34. The number of hydrogen-bond acceptors (Lipinski definition) is 4. The van der Waals surface area contributed by atoms with E-state index in [4.69, 9.17) is 15.2 Å². The van der Waals surface area contributed by atoms with E-state index in [-0.39, 0.29) is 12.8 Å². The number of anilines is 1. The van der Waals surface area contributed by atoms with Crippen molar-refractivity contribution in [2.24, 2.45) is 5.73 Å². The van der Waals surface area contributed by atoms with E-state index in [1.807, 2.05) is 30.3 Å². The van der Waals surface area contributed by atoms with Gasteiger partial charge in [-0.25, -0.2) is 0 Å². The highest BCUT2D eigenvalue weighted by atomic mass is 16.7. The highest BCUT2D eigenvalue weighted by Gasteiger charge is 2.17. The summed E-state index contributed by atoms with van der Waals surface area (Å²) in [5.41, 5.74) is 9.28. The molecule has 0 amide bonds. The van der Waals surface area contributed by atoms with Gasteiger partial charge in [0.2, 0.25) is 6.79 Å². The third-order valence-corrected chi connectivity index (χ3v) is 3.39. The fraction of sp³-hybridized carbons (Fsp3) is 0.250. The largest absolute Gasteiger partial charge is 0.454 e. The smallest absolute Gasteiger partial charge is 0.231 e. The van der Waals surface area contributed by atoms with Gasteiger partial charge in [-0.05, 0) is 42.3 Å². The summed E-state index contributed by atoms with van der Waals surface area (Å²) in [6.45, 7) is 2.87. The van der Waals surface area contributed by atoms with Gasteiger partial charge in [0.15, 0.2) is 11.5 Å². The van der Waals surface area contributed by atoms with Crippen LogP contribution in [0.2, 0.25) is 0 Å². The number of benzene rings is 2. The van der Waals surface area contributed by atoms with E-state index in [0.717, 1.165) is 22.7 Å². The summed E-state index contributed by atoms with van der Waals surface area (Å²) in [6, 6.07) is 14.2. The number of ether oxygens (including phenoxy) is 2. The highest BCUT2D eigenvalue weighted by molar-refractivity contribution is 5.50. The highest BCUT2D eigenvalue weighted by Crippen LogP contribution is 2.34. The van der Waals surface area contributed by atoms with Crippen LogP contribution in [0.4, 0.5) is 5.69 Å². The van der Waals surface area contributed by atoms with Gasteiger partial charge in [0.25, 0.3) is 0 Å². The van der Waals surface area contributed by atoms with Crippen molar-refractivity contribution < 1.29 is 9.47 Å². The van der Waals surface area contributed by atoms with Crippen molar-refractivity contribution >= 4 is 5.69 Å². The van der Waals surface area contributed by atoms with Gasteiger partial charge in [0.1, 0.15) is 0 Å². The quantitative estimate of drug-likeness (QED) is 0.897. The van der Waals surface area contributed by atoms with Crippen molar-refractivity contribution in [3.05, 3.63) is 53.6 Å². The predicted octanol–water partition coefficient (Wildman–Crippen LogP) is 2.84. The second-order valence-corrected chi connectivity index (χ2v) is 4.91. The molecule has 0 saturated carbocycles. The summed E-state index contributed by atoms with van der Waals surface area (Å²) in [5.74, 6) is 1.58. The van der Waals surface area contributed by atoms with Gasteiger partial charge in [0, 0.05) is 12.2 Å². The molecule has 2 aromatic carbocycles. The zero-order chi connectivity index (χ0) is 13.9.